The van der Waals surface area contributed by atoms with Crippen molar-refractivity contribution in [3.63, 3.8) is 0 Å². The highest BCUT2D eigenvalue weighted by Crippen LogP contribution is 2.10. The van der Waals surface area contributed by atoms with Crippen LogP contribution in [0.4, 0.5) is 0 Å². The second kappa shape index (κ2) is 7.39. The molecule has 0 aromatic heterocycles. The monoisotopic (exact) mass is 229 g/mol. The quantitative estimate of drug-likeness (QED) is 0.720. The third kappa shape index (κ3) is 4.75. The van der Waals surface area contributed by atoms with Gasteiger partial charge in [0.1, 0.15) is 6.10 Å². The van der Waals surface area contributed by atoms with E-state index in [0.29, 0.717) is 6.61 Å². The Labute approximate surface area is 97.7 Å². The first-order valence-corrected chi connectivity index (χ1v) is 5.86. The first-order valence-electron chi connectivity index (χ1n) is 5.86. The average Bonchev–Trinajstić information content (AvgIpc) is 2.24. The summed E-state index contributed by atoms with van der Waals surface area (Å²) in [4.78, 5) is 23.1. The molecule has 0 aliphatic heterocycles. The second-order valence-electron chi connectivity index (χ2n) is 4.09. The molecule has 4 heteroatoms. The summed E-state index contributed by atoms with van der Waals surface area (Å²) in [7, 11) is 0. The third-order valence-electron chi connectivity index (χ3n) is 2.62. The SMILES string of the molecule is CCOC(C(C)=O)C(C)C(=O)NC(C)CC. The fourth-order valence-corrected chi connectivity index (χ4v) is 1.41. The van der Waals surface area contributed by atoms with E-state index in [9.17, 15) is 9.59 Å². The van der Waals surface area contributed by atoms with Crippen LogP contribution in [0.5, 0.6) is 0 Å². The summed E-state index contributed by atoms with van der Waals surface area (Å²) in [6.07, 6.45) is 0.242. The van der Waals surface area contributed by atoms with E-state index in [1.807, 2.05) is 20.8 Å². The second-order valence-corrected chi connectivity index (χ2v) is 4.09. The molecule has 0 aromatic carbocycles. The van der Waals surface area contributed by atoms with Gasteiger partial charge in [-0.25, -0.2) is 0 Å². The lowest BCUT2D eigenvalue weighted by molar-refractivity contribution is -0.140. The van der Waals surface area contributed by atoms with E-state index in [4.69, 9.17) is 4.74 Å². The van der Waals surface area contributed by atoms with Gasteiger partial charge in [-0.15, -0.1) is 0 Å². The molecule has 16 heavy (non-hydrogen) atoms. The van der Waals surface area contributed by atoms with Gasteiger partial charge >= 0.3 is 0 Å². The summed E-state index contributed by atoms with van der Waals surface area (Å²) in [5.41, 5.74) is 0. The average molecular weight is 229 g/mol. The molecule has 4 nitrogen and oxygen atoms in total. The van der Waals surface area contributed by atoms with E-state index in [1.54, 1.807) is 6.92 Å². The van der Waals surface area contributed by atoms with Crippen LogP contribution in [0.3, 0.4) is 0 Å². The first kappa shape index (κ1) is 15.1. The fraction of sp³-hybridized carbons (Fsp3) is 0.833. The summed E-state index contributed by atoms with van der Waals surface area (Å²) < 4.78 is 5.29. The largest absolute Gasteiger partial charge is 0.370 e. The van der Waals surface area contributed by atoms with Crippen molar-refractivity contribution >= 4 is 11.7 Å². The summed E-state index contributed by atoms with van der Waals surface area (Å²) in [5, 5.41) is 2.85. The Morgan fingerprint density at radius 1 is 1.25 bits per heavy atom. The molecule has 0 heterocycles. The zero-order valence-electron chi connectivity index (χ0n) is 10.9. The highest BCUT2D eigenvalue weighted by atomic mass is 16.5. The minimum absolute atomic E-state index is 0.103. The van der Waals surface area contributed by atoms with Crippen LogP contribution in [0.2, 0.25) is 0 Å². The van der Waals surface area contributed by atoms with Crippen LogP contribution in [-0.2, 0) is 14.3 Å². The third-order valence-corrected chi connectivity index (χ3v) is 2.62. The molecule has 0 aliphatic rings. The van der Waals surface area contributed by atoms with Crippen molar-refractivity contribution in [2.24, 2.45) is 5.92 Å². The fourth-order valence-electron chi connectivity index (χ4n) is 1.41. The molecule has 0 aliphatic carbocycles. The van der Waals surface area contributed by atoms with Gasteiger partial charge in [0, 0.05) is 12.6 Å². The Balaban J connectivity index is 4.42. The summed E-state index contributed by atoms with van der Waals surface area (Å²) >= 11 is 0. The van der Waals surface area contributed by atoms with Gasteiger partial charge in [-0.2, -0.15) is 0 Å². The number of amides is 1. The normalized spacial score (nSPS) is 16.3. The van der Waals surface area contributed by atoms with Gasteiger partial charge in [0.05, 0.1) is 5.92 Å². The predicted octanol–water partition coefficient (Wildman–Crippen LogP) is 1.53. The van der Waals surface area contributed by atoms with Crippen molar-refractivity contribution < 1.29 is 14.3 Å². The molecule has 0 saturated carbocycles. The van der Waals surface area contributed by atoms with Crippen LogP contribution in [0.15, 0.2) is 0 Å². The number of carbonyl (C=O) groups excluding carboxylic acids is 2. The van der Waals surface area contributed by atoms with Crippen LogP contribution < -0.4 is 5.32 Å². The molecule has 0 aromatic rings. The van der Waals surface area contributed by atoms with Gasteiger partial charge in [-0.1, -0.05) is 13.8 Å². The molecular formula is C12H23NO3. The lowest BCUT2D eigenvalue weighted by atomic mass is 10.00. The number of ketones is 1. The van der Waals surface area contributed by atoms with Crippen molar-refractivity contribution in [2.45, 2.75) is 53.2 Å². The van der Waals surface area contributed by atoms with E-state index < -0.39 is 12.0 Å². The van der Waals surface area contributed by atoms with E-state index >= 15 is 0 Å². The lowest BCUT2D eigenvalue weighted by Crippen LogP contribution is -2.43. The maximum absolute atomic E-state index is 11.8. The zero-order chi connectivity index (χ0) is 12.7. The van der Waals surface area contributed by atoms with Gasteiger partial charge < -0.3 is 10.1 Å². The zero-order valence-corrected chi connectivity index (χ0v) is 10.9. The number of carbonyl (C=O) groups is 2. The molecular weight excluding hydrogens is 206 g/mol. The molecule has 1 N–H and O–H groups in total. The van der Waals surface area contributed by atoms with E-state index in [1.165, 1.54) is 6.92 Å². The van der Waals surface area contributed by atoms with Gasteiger partial charge in [-0.05, 0) is 27.2 Å². The molecule has 0 radical (unpaired) electrons. The number of rotatable bonds is 7. The van der Waals surface area contributed by atoms with Crippen molar-refractivity contribution in [3.8, 4) is 0 Å². The van der Waals surface area contributed by atoms with Gasteiger partial charge in [-0.3, -0.25) is 9.59 Å². The minimum atomic E-state index is -0.631. The number of ether oxygens (including phenoxy) is 1. The molecule has 94 valence electrons. The van der Waals surface area contributed by atoms with Gasteiger partial charge in [0.15, 0.2) is 5.78 Å². The molecule has 3 unspecified atom stereocenters. The molecule has 0 fully saturated rings. The highest BCUT2D eigenvalue weighted by molar-refractivity contribution is 5.89. The Morgan fingerprint density at radius 3 is 2.19 bits per heavy atom. The van der Waals surface area contributed by atoms with Crippen molar-refractivity contribution in [3.05, 3.63) is 0 Å². The van der Waals surface area contributed by atoms with E-state index in [0.717, 1.165) is 6.42 Å². The highest BCUT2D eigenvalue weighted by Gasteiger charge is 2.28. The maximum Gasteiger partial charge on any atom is 0.226 e. The number of nitrogens with one attached hydrogen (secondary N) is 1. The van der Waals surface area contributed by atoms with E-state index in [2.05, 4.69) is 5.32 Å². The summed E-state index contributed by atoms with van der Waals surface area (Å²) in [6, 6.07) is 0.129. The Bertz CT molecular complexity index is 240. The summed E-state index contributed by atoms with van der Waals surface area (Å²) in [5.74, 6) is -0.664. The maximum atomic E-state index is 11.8. The minimum Gasteiger partial charge on any atom is -0.370 e. The molecule has 3 atom stereocenters. The molecule has 0 spiro atoms. The number of Topliss-reactive ketones (excluding diaryl/α,β-unsaturated/α-hetero) is 1. The Morgan fingerprint density at radius 2 is 1.81 bits per heavy atom. The van der Waals surface area contributed by atoms with Gasteiger partial charge in [0.2, 0.25) is 5.91 Å². The van der Waals surface area contributed by atoms with Crippen molar-refractivity contribution in [1.82, 2.24) is 5.32 Å². The summed E-state index contributed by atoms with van der Waals surface area (Å²) in [6.45, 7) is 9.36. The first-order chi connectivity index (χ1) is 7.43. The topological polar surface area (TPSA) is 55.4 Å². The molecule has 0 rings (SSSR count). The van der Waals surface area contributed by atoms with Crippen molar-refractivity contribution in [2.75, 3.05) is 6.61 Å². The lowest BCUT2D eigenvalue weighted by Gasteiger charge is -2.22. The van der Waals surface area contributed by atoms with E-state index in [-0.39, 0.29) is 17.7 Å². The van der Waals surface area contributed by atoms with Crippen LogP contribution in [-0.4, -0.2) is 30.4 Å². The van der Waals surface area contributed by atoms with Crippen LogP contribution in [0.25, 0.3) is 0 Å². The smallest absolute Gasteiger partial charge is 0.226 e. The number of hydrogen-bond acceptors (Lipinski definition) is 3. The molecule has 1 amide bonds. The van der Waals surface area contributed by atoms with Gasteiger partial charge in [0.25, 0.3) is 0 Å². The molecule has 0 saturated heterocycles. The standard InChI is InChI=1S/C12H23NO3/c1-6-8(3)13-12(15)9(4)11(10(5)14)16-7-2/h8-9,11H,6-7H2,1-5H3,(H,13,15). The molecule has 0 bridgehead atoms. The number of hydrogen-bond donors (Lipinski definition) is 1. The van der Waals surface area contributed by atoms with Crippen LogP contribution >= 0.6 is 0 Å². The van der Waals surface area contributed by atoms with Crippen LogP contribution in [0, 0.1) is 5.92 Å². The Hall–Kier alpha value is -0.900. The predicted molar refractivity (Wildman–Crippen MR) is 63.2 cm³/mol. The van der Waals surface area contributed by atoms with Crippen molar-refractivity contribution in [1.29, 1.82) is 0 Å². The Kier molecular flexibility index (Phi) is 6.97. The van der Waals surface area contributed by atoms with Crippen LogP contribution in [0.1, 0.15) is 41.0 Å².